The number of aliphatic carboxylic acids is 1. The van der Waals surface area contributed by atoms with Crippen LogP contribution in [0.3, 0.4) is 0 Å². The minimum Gasteiger partial charge on any atom is -0.481 e. The first-order valence-electron chi connectivity index (χ1n) is 7.32. The van der Waals surface area contributed by atoms with E-state index in [1.165, 1.54) is 0 Å². The van der Waals surface area contributed by atoms with Crippen LogP contribution >= 0.6 is 0 Å². The summed E-state index contributed by atoms with van der Waals surface area (Å²) in [7, 11) is 1.76. The first-order valence-corrected chi connectivity index (χ1v) is 7.32. The van der Waals surface area contributed by atoms with E-state index in [0.29, 0.717) is 12.5 Å². The quantitative estimate of drug-likeness (QED) is 0.810. The van der Waals surface area contributed by atoms with E-state index in [2.05, 4.69) is 0 Å². The molecule has 0 aromatic rings. The summed E-state index contributed by atoms with van der Waals surface area (Å²) in [5, 5.41) is 9.37. The fourth-order valence-corrected chi connectivity index (χ4v) is 2.39. The summed E-state index contributed by atoms with van der Waals surface area (Å²) >= 11 is 0. The Balaban J connectivity index is 2.57. The van der Waals surface area contributed by atoms with Crippen LogP contribution in [0.15, 0.2) is 0 Å². The van der Waals surface area contributed by atoms with Crippen LogP contribution in [-0.4, -0.2) is 48.7 Å². The van der Waals surface area contributed by atoms with E-state index in [1.54, 1.807) is 18.9 Å². The molecule has 1 N–H and O–H groups in total. The van der Waals surface area contributed by atoms with Gasteiger partial charge in [-0.2, -0.15) is 0 Å². The van der Waals surface area contributed by atoms with Gasteiger partial charge in [0.15, 0.2) is 0 Å². The van der Waals surface area contributed by atoms with E-state index in [0.717, 1.165) is 26.1 Å². The Morgan fingerprint density at radius 1 is 1.35 bits per heavy atom. The van der Waals surface area contributed by atoms with Crippen LogP contribution in [0.25, 0.3) is 0 Å². The van der Waals surface area contributed by atoms with Crippen molar-refractivity contribution in [2.75, 3.05) is 26.8 Å². The fourth-order valence-electron chi connectivity index (χ4n) is 2.39. The maximum Gasteiger partial charge on any atom is 0.310 e. The molecule has 1 atom stereocenters. The zero-order chi connectivity index (χ0) is 15.3. The van der Waals surface area contributed by atoms with Crippen molar-refractivity contribution in [1.82, 2.24) is 4.90 Å². The third-order valence-electron chi connectivity index (χ3n) is 4.58. The molecule has 1 heterocycles. The number of carbonyl (C=O) groups is 2. The summed E-state index contributed by atoms with van der Waals surface area (Å²) in [5.74, 6) is -0.608. The van der Waals surface area contributed by atoms with Gasteiger partial charge >= 0.3 is 5.97 Å². The summed E-state index contributed by atoms with van der Waals surface area (Å²) in [6, 6.07) is 0. The summed E-state index contributed by atoms with van der Waals surface area (Å²) in [6.45, 7) is 7.55. The van der Waals surface area contributed by atoms with Crippen molar-refractivity contribution in [3.63, 3.8) is 0 Å². The first-order chi connectivity index (χ1) is 9.27. The molecule has 0 bridgehead atoms. The lowest BCUT2D eigenvalue weighted by atomic mass is 9.76. The number of carboxylic acids is 1. The van der Waals surface area contributed by atoms with E-state index in [1.807, 2.05) is 13.8 Å². The molecule has 0 aliphatic carbocycles. The molecule has 5 nitrogen and oxygen atoms in total. The summed E-state index contributed by atoms with van der Waals surface area (Å²) < 4.78 is 5.30. The van der Waals surface area contributed by atoms with Crippen molar-refractivity contribution < 1.29 is 19.4 Å². The number of ether oxygens (including phenoxy) is 1. The molecule has 0 aromatic heterocycles. The second kappa shape index (κ2) is 7.07. The molecule has 1 amide bonds. The fraction of sp³-hybridized carbons (Fsp3) is 0.867. The number of carbonyl (C=O) groups excluding carboxylic acids is 1. The Bertz CT molecular complexity index is 350. The van der Waals surface area contributed by atoms with E-state index < -0.39 is 11.4 Å². The second-order valence-electron chi connectivity index (χ2n) is 6.38. The maximum absolute atomic E-state index is 12.3. The number of hydrogen-bond donors (Lipinski definition) is 1. The Morgan fingerprint density at radius 3 is 2.35 bits per heavy atom. The zero-order valence-electron chi connectivity index (χ0n) is 13.0. The smallest absolute Gasteiger partial charge is 0.310 e. The Morgan fingerprint density at radius 2 is 1.90 bits per heavy atom. The van der Waals surface area contributed by atoms with Gasteiger partial charge < -0.3 is 14.7 Å². The largest absolute Gasteiger partial charge is 0.481 e. The van der Waals surface area contributed by atoms with E-state index in [4.69, 9.17) is 4.74 Å². The minimum atomic E-state index is -0.999. The van der Waals surface area contributed by atoms with Gasteiger partial charge in [0, 0.05) is 33.2 Å². The van der Waals surface area contributed by atoms with Gasteiger partial charge in [-0.15, -0.1) is 0 Å². The average Bonchev–Trinajstić information content (AvgIpc) is 2.39. The van der Waals surface area contributed by atoms with Crippen molar-refractivity contribution in [2.24, 2.45) is 17.3 Å². The molecular weight excluding hydrogens is 258 g/mol. The molecule has 1 unspecified atom stereocenters. The van der Waals surface area contributed by atoms with Gasteiger partial charge in [0.05, 0.1) is 5.41 Å². The zero-order valence-corrected chi connectivity index (χ0v) is 13.0. The molecule has 20 heavy (non-hydrogen) atoms. The molecule has 0 spiro atoms. The van der Waals surface area contributed by atoms with Gasteiger partial charge in [-0.3, -0.25) is 9.59 Å². The van der Waals surface area contributed by atoms with Crippen molar-refractivity contribution >= 4 is 11.9 Å². The van der Waals surface area contributed by atoms with Crippen molar-refractivity contribution in [3.05, 3.63) is 0 Å². The number of carboxylic acid groups (broad SMARTS) is 1. The second-order valence-corrected chi connectivity index (χ2v) is 6.38. The SMILES string of the molecule is CC(C)C(C)(CC(=O)N(C)CC1CCOCC1)C(=O)O. The lowest BCUT2D eigenvalue weighted by Gasteiger charge is -2.32. The van der Waals surface area contributed by atoms with Gasteiger partial charge in [-0.25, -0.2) is 0 Å². The van der Waals surface area contributed by atoms with Gasteiger partial charge in [0.2, 0.25) is 5.91 Å². The molecular formula is C15H27NO4. The molecule has 0 radical (unpaired) electrons. The lowest BCUT2D eigenvalue weighted by molar-refractivity contribution is -0.155. The lowest BCUT2D eigenvalue weighted by Crippen LogP contribution is -2.41. The predicted octanol–water partition coefficient (Wildman–Crippen LogP) is 2.01. The van der Waals surface area contributed by atoms with Crippen LogP contribution in [0.1, 0.15) is 40.0 Å². The molecule has 1 rings (SSSR count). The summed E-state index contributed by atoms with van der Waals surface area (Å²) in [4.78, 5) is 25.4. The minimum absolute atomic E-state index is 0.0553. The third kappa shape index (κ3) is 4.20. The maximum atomic E-state index is 12.3. The van der Waals surface area contributed by atoms with Gasteiger partial charge in [-0.1, -0.05) is 13.8 Å². The highest BCUT2D eigenvalue weighted by atomic mass is 16.5. The van der Waals surface area contributed by atoms with Crippen molar-refractivity contribution in [1.29, 1.82) is 0 Å². The van der Waals surface area contributed by atoms with Crippen LogP contribution in [0.4, 0.5) is 0 Å². The highest BCUT2D eigenvalue weighted by molar-refractivity contribution is 5.84. The van der Waals surface area contributed by atoms with Crippen molar-refractivity contribution in [3.8, 4) is 0 Å². The Labute approximate surface area is 121 Å². The molecule has 1 saturated heterocycles. The molecule has 0 saturated carbocycles. The number of hydrogen-bond acceptors (Lipinski definition) is 3. The highest BCUT2D eigenvalue weighted by Gasteiger charge is 2.39. The highest BCUT2D eigenvalue weighted by Crippen LogP contribution is 2.32. The summed E-state index contributed by atoms with van der Waals surface area (Å²) in [5.41, 5.74) is -0.999. The first kappa shape index (κ1) is 17.0. The number of rotatable bonds is 6. The monoisotopic (exact) mass is 285 g/mol. The molecule has 5 heteroatoms. The topological polar surface area (TPSA) is 66.8 Å². The Kier molecular flexibility index (Phi) is 5.99. The standard InChI is InChI=1S/C15H27NO4/c1-11(2)15(3,14(18)19)9-13(17)16(4)10-12-5-7-20-8-6-12/h11-12H,5-10H2,1-4H3,(H,18,19). The van der Waals surface area contributed by atoms with E-state index >= 15 is 0 Å². The van der Waals surface area contributed by atoms with Crippen LogP contribution in [0.2, 0.25) is 0 Å². The molecule has 1 fully saturated rings. The van der Waals surface area contributed by atoms with Crippen LogP contribution in [0, 0.1) is 17.3 Å². The van der Waals surface area contributed by atoms with E-state index in [-0.39, 0.29) is 18.2 Å². The normalized spacial score (nSPS) is 19.6. The molecule has 1 aliphatic rings. The Hall–Kier alpha value is -1.10. The van der Waals surface area contributed by atoms with Crippen molar-refractivity contribution in [2.45, 2.75) is 40.0 Å². The number of amides is 1. The van der Waals surface area contributed by atoms with Crippen LogP contribution in [0.5, 0.6) is 0 Å². The molecule has 0 aromatic carbocycles. The van der Waals surface area contributed by atoms with Gasteiger partial charge in [0.25, 0.3) is 0 Å². The van der Waals surface area contributed by atoms with Gasteiger partial charge in [-0.05, 0) is 31.6 Å². The van der Waals surface area contributed by atoms with E-state index in [9.17, 15) is 14.7 Å². The van der Waals surface area contributed by atoms with Crippen LogP contribution in [-0.2, 0) is 14.3 Å². The number of nitrogens with zero attached hydrogens (tertiary/aromatic N) is 1. The van der Waals surface area contributed by atoms with Gasteiger partial charge in [0.1, 0.15) is 0 Å². The van der Waals surface area contributed by atoms with Crippen LogP contribution < -0.4 is 0 Å². The predicted molar refractivity (Wildman–Crippen MR) is 76.4 cm³/mol. The third-order valence-corrected chi connectivity index (χ3v) is 4.58. The summed E-state index contributed by atoms with van der Waals surface area (Å²) in [6.07, 6.45) is 2.00. The average molecular weight is 285 g/mol. The molecule has 116 valence electrons. The molecule has 1 aliphatic heterocycles.